The number of nitrogens with one attached hydrogen (secondary N) is 1. The van der Waals surface area contributed by atoms with Gasteiger partial charge in [0.15, 0.2) is 0 Å². The van der Waals surface area contributed by atoms with E-state index in [9.17, 15) is 18.4 Å². The molecule has 88 valence electrons. The summed E-state index contributed by atoms with van der Waals surface area (Å²) in [6, 6.07) is -1.28. The van der Waals surface area contributed by atoms with Crippen LogP contribution in [0, 0.1) is 0 Å². The Hall–Kier alpha value is -1.24. The number of primary amides is 1. The molecule has 0 aliphatic heterocycles. The van der Waals surface area contributed by atoms with Crippen LogP contribution in [0.25, 0.3) is 0 Å². The molecule has 0 fully saturated rings. The molecule has 0 radical (unpaired) electrons. The van der Waals surface area contributed by atoms with Gasteiger partial charge in [-0.25, -0.2) is 4.79 Å². The Balaban J connectivity index is 4.27. The van der Waals surface area contributed by atoms with Crippen molar-refractivity contribution in [2.45, 2.75) is 19.3 Å². The van der Waals surface area contributed by atoms with Crippen LogP contribution in [-0.2, 0) is 4.79 Å². The van der Waals surface area contributed by atoms with Crippen molar-refractivity contribution in [2.24, 2.45) is 5.73 Å². The highest BCUT2D eigenvalue weighted by Gasteiger charge is 2.40. The lowest BCUT2D eigenvalue weighted by Crippen LogP contribution is -2.50. The smallest absolute Gasteiger partial charge is 0.337 e. The predicted octanol–water partition coefficient (Wildman–Crippen LogP) is 0.158. The van der Waals surface area contributed by atoms with Crippen molar-refractivity contribution >= 4 is 11.9 Å². The molecule has 0 heterocycles. The molecular formula is C8H15F2N3O2. The average Bonchev–Trinajstić information content (AvgIpc) is 2.01. The van der Waals surface area contributed by atoms with Crippen LogP contribution in [0.15, 0.2) is 0 Å². The molecule has 0 saturated carbocycles. The van der Waals surface area contributed by atoms with Gasteiger partial charge in [-0.3, -0.25) is 10.1 Å². The summed E-state index contributed by atoms with van der Waals surface area (Å²) in [6.45, 7) is 1.54. The average molecular weight is 223 g/mol. The van der Waals surface area contributed by atoms with Crippen molar-refractivity contribution in [2.75, 3.05) is 20.1 Å². The van der Waals surface area contributed by atoms with E-state index in [4.69, 9.17) is 0 Å². The SMILES string of the molecule is CCCN(C)CC(F)(F)C(=O)NC(N)=O. The number of rotatable bonds is 5. The number of urea groups is 1. The number of nitrogens with zero attached hydrogens (tertiary/aromatic N) is 1. The van der Waals surface area contributed by atoms with E-state index in [2.05, 4.69) is 5.73 Å². The quantitative estimate of drug-likeness (QED) is 0.697. The highest BCUT2D eigenvalue weighted by atomic mass is 19.3. The normalized spacial score (nSPS) is 11.5. The van der Waals surface area contributed by atoms with Crippen LogP contribution in [0.4, 0.5) is 13.6 Å². The van der Waals surface area contributed by atoms with E-state index in [-0.39, 0.29) is 0 Å². The van der Waals surface area contributed by atoms with E-state index >= 15 is 0 Å². The second kappa shape index (κ2) is 5.59. The van der Waals surface area contributed by atoms with Crippen molar-refractivity contribution in [1.29, 1.82) is 0 Å². The van der Waals surface area contributed by atoms with Gasteiger partial charge in [0, 0.05) is 0 Å². The summed E-state index contributed by atoms with van der Waals surface area (Å²) < 4.78 is 26.2. The fourth-order valence-electron chi connectivity index (χ4n) is 1.07. The largest absolute Gasteiger partial charge is 0.351 e. The van der Waals surface area contributed by atoms with E-state index in [0.717, 1.165) is 0 Å². The third kappa shape index (κ3) is 5.26. The first-order chi connectivity index (χ1) is 6.79. The Labute approximate surface area is 86.6 Å². The van der Waals surface area contributed by atoms with Crippen LogP contribution in [-0.4, -0.2) is 42.9 Å². The summed E-state index contributed by atoms with van der Waals surface area (Å²) >= 11 is 0. The highest BCUT2D eigenvalue weighted by molar-refractivity contribution is 5.97. The first-order valence-corrected chi connectivity index (χ1v) is 4.47. The van der Waals surface area contributed by atoms with Gasteiger partial charge in [0.1, 0.15) is 0 Å². The van der Waals surface area contributed by atoms with Gasteiger partial charge in [-0.15, -0.1) is 0 Å². The molecule has 15 heavy (non-hydrogen) atoms. The summed E-state index contributed by atoms with van der Waals surface area (Å²) in [4.78, 5) is 22.3. The van der Waals surface area contributed by atoms with Crippen molar-refractivity contribution in [1.82, 2.24) is 10.2 Å². The maximum atomic E-state index is 13.1. The van der Waals surface area contributed by atoms with Crippen LogP contribution in [0.3, 0.4) is 0 Å². The van der Waals surface area contributed by atoms with E-state index in [1.165, 1.54) is 17.3 Å². The molecule has 3 N–H and O–H groups in total. The summed E-state index contributed by atoms with van der Waals surface area (Å²) in [5, 5.41) is 1.35. The number of carbonyl (C=O) groups excluding carboxylic acids is 2. The van der Waals surface area contributed by atoms with Gasteiger partial charge in [0.2, 0.25) is 0 Å². The Bertz CT molecular complexity index is 246. The topological polar surface area (TPSA) is 75.4 Å². The van der Waals surface area contributed by atoms with E-state index in [1.807, 2.05) is 6.92 Å². The fourth-order valence-corrected chi connectivity index (χ4v) is 1.07. The minimum Gasteiger partial charge on any atom is -0.351 e. The molecular weight excluding hydrogens is 208 g/mol. The minimum atomic E-state index is -3.61. The van der Waals surface area contributed by atoms with Gasteiger partial charge < -0.3 is 10.6 Å². The van der Waals surface area contributed by atoms with Crippen LogP contribution < -0.4 is 11.1 Å². The van der Waals surface area contributed by atoms with Gasteiger partial charge in [-0.05, 0) is 20.0 Å². The molecule has 0 aromatic carbocycles. The third-order valence-electron chi connectivity index (χ3n) is 1.64. The van der Waals surface area contributed by atoms with Crippen LogP contribution in [0.2, 0.25) is 0 Å². The van der Waals surface area contributed by atoms with Crippen LogP contribution >= 0.6 is 0 Å². The fraction of sp³-hybridized carbons (Fsp3) is 0.750. The lowest BCUT2D eigenvalue weighted by Gasteiger charge is -2.21. The predicted molar refractivity (Wildman–Crippen MR) is 50.5 cm³/mol. The number of halogens is 2. The van der Waals surface area contributed by atoms with Crippen molar-refractivity contribution in [3.8, 4) is 0 Å². The molecule has 0 unspecified atom stereocenters. The van der Waals surface area contributed by atoms with Gasteiger partial charge in [0.05, 0.1) is 6.54 Å². The summed E-state index contributed by atoms with van der Waals surface area (Å²) in [5.41, 5.74) is 4.56. The molecule has 7 heteroatoms. The van der Waals surface area contributed by atoms with Gasteiger partial charge >= 0.3 is 12.0 Å². The number of hydrogen-bond acceptors (Lipinski definition) is 3. The lowest BCUT2D eigenvalue weighted by atomic mass is 10.3. The van der Waals surface area contributed by atoms with Crippen molar-refractivity contribution < 1.29 is 18.4 Å². The molecule has 0 aromatic rings. The molecule has 0 saturated heterocycles. The first-order valence-electron chi connectivity index (χ1n) is 4.47. The third-order valence-corrected chi connectivity index (χ3v) is 1.64. The maximum absolute atomic E-state index is 13.1. The van der Waals surface area contributed by atoms with E-state index < -0.39 is 24.4 Å². The molecule has 0 rings (SSSR count). The number of amides is 3. The van der Waals surface area contributed by atoms with E-state index in [1.54, 1.807) is 0 Å². The lowest BCUT2D eigenvalue weighted by molar-refractivity contribution is -0.146. The van der Waals surface area contributed by atoms with Crippen LogP contribution in [0.5, 0.6) is 0 Å². The Morgan fingerprint density at radius 2 is 2.00 bits per heavy atom. The minimum absolute atomic E-state index is 0.444. The first kappa shape index (κ1) is 13.8. The number of nitrogens with two attached hydrogens (primary N) is 1. The summed E-state index contributed by atoms with van der Waals surface area (Å²) in [5.74, 6) is -5.28. The van der Waals surface area contributed by atoms with Gasteiger partial charge in [0.25, 0.3) is 5.91 Å². The Morgan fingerprint density at radius 3 is 2.40 bits per heavy atom. The van der Waals surface area contributed by atoms with Gasteiger partial charge in [-0.2, -0.15) is 8.78 Å². The Morgan fingerprint density at radius 1 is 1.47 bits per heavy atom. The standard InChI is InChI=1S/C8H15F2N3O2/c1-3-4-13(2)5-8(9,10)6(14)12-7(11)15/h3-5H2,1-2H3,(H3,11,12,14,15). The summed E-state index contributed by atoms with van der Waals surface area (Å²) in [7, 11) is 1.47. The van der Waals surface area contributed by atoms with Crippen LogP contribution in [0.1, 0.15) is 13.3 Å². The maximum Gasteiger partial charge on any atom is 0.337 e. The highest BCUT2D eigenvalue weighted by Crippen LogP contribution is 2.14. The zero-order chi connectivity index (χ0) is 12.1. The molecule has 0 aliphatic carbocycles. The second-order valence-electron chi connectivity index (χ2n) is 3.26. The van der Waals surface area contributed by atoms with E-state index in [0.29, 0.717) is 13.0 Å². The molecule has 0 aromatic heterocycles. The molecule has 0 atom stereocenters. The number of imide groups is 1. The Kier molecular flexibility index (Phi) is 5.13. The molecule has 0 bridgehead atoms. The zero-order valence-electron chi connectivity index (χ0n) is 8.72. The zero-order valence-corrected chi connectivity index (χ0v) is 8.72. The summed E-state index contributed by atoms with van der Waals surface area (Å²) in [6.07, 6.45) is 0.698. The number of alkyl halides is 2. The number of carbonyl (C=O) groups is 2. The molecule has 5 nitrogen and oxygen atoms in total. The second-order valence-corrected chi connectivity index (χ2v) is 3.26. The van der Waals surface area contributed by atoms with Crippen molar-refractivity contribution in [3.05, 3.63) is 0 Å². The molecule has 0 spiro atoms. The van der Waals surface area contributed by atoms with Gasteiger partial charge in [-0.1, -0.05) is 6.92 Å². The molecule has 0 aliphatic rings. The monoisotopic (exact) mass is 223 g/mol. The number of hydrogen-bond donors (Lipinski definition) is 2. The van der Waals surface area contributed by atoms with Crippen molar-refractivity contribution in [3.63, 3.8) is 0 Å². The molecule has 3 amide bonds.